The van der Waals surface area contributed by atoms with Gasteiger partial charge in [0.2, 0.25) is 0 Å². The van der Waals surface area contributed by atoms with Crippen molar-refractivity contribution in [2.75, 3.05) is 5.01 Å². The Morgan fingerprint density at radius 1 is 1.29 bits per heavy atom. The fourth-order valence-electron chi connectivity index (χ4n) is 0.894. The zero-order chi connectivity index (χ0) is 10.1. The molecule has 1 aliphatic rings. The van der Waals surface area contributed by atoms with Crippen LogP contribution in [0.25, 0.3) is 0 Å². The summed E-state index contributed by atoms with van der Waals surface area (Å²) < 4.78 is 0. The summed E-state index contributed by atoms with van der Waals surface area (Å²) in [5.74, 6) is -3.25. The quantitative estimate of drug-likeness (QED) is 0.634. The van der Waals surface area contributed by atoms with Crippen LogP contribution < -0.4 is 5.01 Å². The third-order valence-corrected chi connectivity index (χ3v) is 2.36. The smallest absolute Gasteiger partial charge is 0.277 e. The van der Waals surface area contributed by atoms with Gasteiger partial charge in [-0.05, 0) is 17.5 Å². The molecule has 2 heterocycles. The number of nitrogens with zero attached hydrogens (tertiary/aromatic N) is 3. The summed E-state index contributed by atoms with van der Waals surface area (Å²) in [6.45, 7) is 0. The second kappa shape index (κ2) is 3.11. The number of Topliss-reactive ketones (excluding diaryl/α,β-unsaturated/α-hetero) is 1. The van der Waals surface area contributed by atoms with Crippen LogP contribution in [-0.2, 0) is 14.4 Å². The highest BCUT2D eigenvalue weighted by Crippen LogP contribution is 2.23. The third-order valence-electron chi connectivity index (χ3n) is 1.52. The average molecular weight is 209 g/mol. The summed E-state index contributed by atoms with van der Waals surface area (Å²) >= 11 is 1.22. The fraction of sp³-hybridized carbons (Fsp3) is 0. The Labute approximate surface area is 81.8 Å². The minimum atomic E-state index is -1.16. The van der Waals surface area contributed by atoms with Crippen molar-refractivity contribution in [2.45, 2.75) is 0 Å². The molecule has 2 rings (SSSR count). The number of carbonyl (C=O) groups is 3. The molecule has 7 heteroatoms. The SMILES string of the molecule is O=C1N=NN(c2cccs2)C(=O)C1=O. The number of amides is 2. The van der Waals surface area contributed by atoms with Gasteiger partial charge in [0.25, 0.3) is 0 Å². The number of thiophene rings is 1. The summed E-state index contributed by atoms with van der Waals surface area (Å²) in [6.07, 6.45) is 0. The highest BCUT2D eigenvalue weighted by Gasteiger charge is 2.34. The maximum atomic E-state index is 11.2. The van der Waals surface area contributed by atoms with E-state index < -0.39 is 17.6 Å². The van der Waals surface area contributed by atoms with Crippen LogP contribution in [-0.4, -0.2) is 17.6 Å². The normalized spacial score (nSPS) is 16.6. The second-order valence-corrected chi connectivity index (χ2v) is 3.32. The van der Waals surface area contributed by atoms with Gasteiger partial charge in [-0.1, -0.05) is 10.3 Å². The van der Waals surface area contributed by atoms with Crippen LogP contribution >= 0.6 is 11.3 Å². The van der Waals surface area contributed by atoms with E-state index in [1.807, 2.05) is 0 Å². The molecule has 6 nitrogen and oxygen atoms in total. The molecule has 1 aromatic rings. The minimum absolute atomic E-state index is 0.458. The Morgan fingerprint density at radius 2 is 2.07 bits per heavy atom. The van der Waals surface area contributed by atoms with Gasteiger partial charge in [-0.2, -0.15) is 5.01 Å². The van der Waals surface area contributed by atoms with Crippen LogP contribution in [0.4, 0.5) is 5.00 Å². The maximum absolute atomic E-state index is 11.2. The number of rotatable bonds is 1. The van der Waals surface area contributed by atoms with Gasteiger partial charge in [-0.15, -0.1) is 11.3 Å². The molecule has 0 bridgehead atoms. The molecule has 0 radical (unpaired) electrons. The first-order valence-electron chi connectivity index (χ1n) is 3.58. The van der Waals surface area contributed by atoms with E-state index in [2.05, 4.69) is 10.3 Å². The second-order valence-electron chi connectivity index (χ2n) is 2.39. The van der Waals surface area contributed by atoms with Crippen molar-refractivity contribution in [3.63, 3.8) is 0 Å². The highest BCUT2D eigenvalue weighted by molar-refractivity contribution is 7.14. The third kappa shape index (κ3) is 1.23. The van der Waals surface area contributed by atoms with Crippen molar-refractivity contribution in [3.8, 4) is 0 Å². The summed E-state index contributed by atoms with van der Waals surface area (Å²) in [7, 11) is 0. The minimum Gasteiger partial charge on any atom is -0.277 e. The van der Waals surface area contributed by atoms with Crippen molar-refractivity contribution in [3.05, 3.63) is 17.5 Å². The summed E-state index contributed by atoms with van der Waals surface area (Å²) in [5, 5.41) is 9.37. The lowest BCUT2D eigenvalue weighted by molar-refractivity contribution is -0.144. The number of hydrogen-bond donors (Lipinski definition) is 0. The standard InChI is InChI=1S/C7H3N3O3S/c11-5-6(12)8-9-10(7(5)13)4-2-1-3-14-4/h1-3H. The zero-order valence-electron chi connectivity index (χ0n) is 6.71. The number of carbonyl (C=O) groups excluding carboxylic acids is 3. The van der Waals surface area contributed by atoms with Gasteiger partial charge in [0, 0.05) is 0 Å². The molecule has 14 heavy (non-hydrogen) atoms. The van der Waals surface area contributed by atoms with Gasteiger partial charge < -0.3 is 0 Å². The first-order valence-corrected chi connectivity index (χ1v) is 4.46. The van der Waals surface area contributed by atoms with Crippen LogP contribution in [0.15, 0.2) is 27.9 Å². The molecule has 0 unspecified atom stereocenters. The lowest BCUT2D eigenvalue weighted by Gasteiger charge is -2.13. The van der Waals surface area contributed by atoms with E-state index in [4.69, 9.17) is 0 Å². The molecule has 70 valence electrons. The molecule has 0 N–H and O–H groups in total. The molecular weight excluding hydrogens is 206 g/mol. The highest BCUT2D eigenvalue weighted by atomic mass is 32.1. The molecule has 1 aromatic heterocycles. The largest absolute Gasteiger partial charge is 0.343 e. The zero-order valence-corrected chi connectivity index (χ0v) is 7.52. The molecule has 0 saturated carbocycles. The summed E-state index contributed by atoms with van der Waals surface area (Å²) in [5.41, 5.74) is 0. The van der Waals surface area contributed by atoms with Crippen molar-refractivity contribution >= 4 is 33.9 Å². The van der Waals surface area contributed by atoms with Crippen molar-refractivity contribution < 1.29 is 14.4 Å². The van der Waals surface area contributed by atoms with Gasteiger partial charge in [-0.3, -0.25) is 14.4 Å². The van der Waals surface area contributed by atoms with E-state index >= 15 is 0 Å². The Balaban J connectivity index is 2.40. The van der Waals surface area contributed by atoms with E-state index in [1.54, 1.807) is 17.5 Å². The van der Waals surface area contributed by atoms with Crippen molar-refractivity contribution in [2.24, 2.45) is 10.3 Å². The van der Waals surface area contributed by atoms with Crippen molar-refractivity contribution in [1.82, 2.24) is 0 Å². The molecular formula is C7H3N3O3S. The average Bonchev–Trinajstić information content (AvgIpc) is 2.67. The van der Waals surface area contributed by atoms with E-state index in [0.29, 0.717) is 5.00 Å². The van der Waals surface area contributed by atoms with E-state index in [-0.39, 0.29) is 0 Å². The topological polar surface area (TPSA) is 79.2 Å². The first-order chi connectivity index (χ1) is 6.70. The van der Waals surface area contributed by atoms with Gasteiger partial charge >= 0.3 is 17.6 Å². The lowest BCUT2D eigenvalue weighted by atomic mass is 10.3. The monoisotopic (exact) mass is 209 g/mol. The molecule has 0 spiro atoms. The molecule has 0 fully saturated rings. The molecule has 2 amide bonds. The Kier molecular flexibility index (Phi) is 1.93. The van der Waals surface area contributed by atoms with Crippen LogP contribution in [0.5, 0.6) is 0 Å². The summed E-state index contributed by atoms with van der Waals surface area (Å²) in [4.78, 5) is 32.8. The summed E-state index contributed by atoms with van der Waals surface area (Å²) in [6, 6.07) is 3.30. The predicted octanol–water partition coefficient (Wildman–Crippen LogP) is 0.558. The van der Waals surface area contributed by atoms with Gasteiger partial charge in [0.05, 0.1) is 0 Å². The fourth-order valence-corrected chi connectivity index (χ4v) is 1.57. The molecule has 1 aliphatic heterocycles. The number of ketones is 1. The maximum Gasteiger partial charge on any atom is 0.343 e. The molecule has 0 aliphatic carbocycles. The molecule has 0 saturated heterocycles. The van der Waals surface area contributed by atoms with Gasteiger partial charge in [0.15, 0.2) is 0 Å². The number of hydrogen-bond acceptors (Lipinski definition) is 5. The van der Waals surface area contributed by atoms with Crippen LogP contribution in [0.1, 0.15) is 0 Å². The van der Waals surface area contributed by atoms with E-state index in [9.17, 15) is 14.4 Å². The van der Waals surface area contributed by atoms with Crippen LogP contribution in [0.3, 0.4) is 0 Å². The molecule has 0 aromatic carbocycles. The van der Waals surface area contributed by atoms with E-state index in [0.717, 1.165) is 5.01 Å². The Morgan fingerprint density at radius 3 is 2.71 bits per heavy atom. The Hall–Kier alpha value is -1.89. The predicted molar refractivity (Wildman–Crippen MR) is 46.7 cm³/mol. The number of anilines is 1. The van der Waals surface area contributed by atoms with Crippen LogP contribution in [0.2, 0.25) is 0 Å². The van der Waals surface area contributed by atoms with E-state index in [1.165, 1.54) is 11.3 Å². The van der Waals surface area contributed by atoms with Gasteiger partial charge in [-0.25, -0.2) is 0 Å². The lowest BCUT2D eigenvalue weighted by Crippen LogP contribution is -2.39. The first kappa shape index (κ1) is 8.70. The van der Waals surface area contributed by atoms with Crippen molar-refractivity contribution in [1.29, 1.82) is 0 Å². The van der Waals surface area contributed by atoms with Crippen LogP contribution in [0, 0.1) is 0 Å². The Bertz CT molecular complexity index is 437. The van der Waals surface area contributed by atoms with Gasteiger partial charge in [0.1, 0.15) is 5.00 Å². The molecule has 0 atom stereocenters.